The van der Waals surface area contributed by atoms with Gasteiger partial charge >= 0.3 is 5.97 Å². The Balaban J connectivity index is 1.70. The van der Waals surface area contributed by atoms with Crippen LogP contribution in [0.2, 0.25) is 5.02 Å². The van der Waals surface area contributed by atoms with Crippen molar-refractivity contribution in [1.29, 1.82) is 0 Å². The zero-order valence-corrected chi connectivity index (χ0v) is 17.5. The molecule has 0 radical (unpaired) electrons. The van der Waals surface area contributed by atoms with E-state index in [0.717, 1.165) is 5.69 Å². The fourth-order valence-electron chi connectivity index (χ4n) is 3.65. The number of carbonyl (C=O) groups excluding carboxylic acids is 3. The quantitative estimate of drug-likeness (QED) is 0.597. The number of nitrogens with one attached hydrogen (secondary N) is 1. The van der Waals surface area contributed by atoms with Gasteiger partial charge in [-0.3, -0.25) is 9.59 Å². The summed E-state index contributed by atoms with van der Waals surface area (Å²) in [4.78, 5) is 43.8. The number of halogens is 1. The summed E-state index contributed by atoms with van der Waals surface area (Å²) >= 11 is 5.94. The van der Waals surface area contributed by atoms with Gasteiger partial charge in [0.1, 0.15) is 0 Å². The minimum atomic E-state index is -0.554. The van der Waals surface area contributed by atoms with Crippen molar-refractivity contribution in [2.45, 2.75) is 20.3 Å². The summed E-state index contributed by atoms with van der Waals surface area (Å²) in [5.41, 5.74) is 2.61. The van der Waals surface area contributed by atoms with E-state index in [2.05, 4.69) is 9.88 Å². The van der Waals surface area contributed by atoms with Crippen LogP contribution in [0.3, 0.4) is 0 Å². The molecule has 1 N–H and O–H groups in total. The van der Waals surface area contributed by atoms with Crippen LogP contribution in [-0.2, 0) is 16.0 Å². The summed E-state index contributed by atoms with van der Waals surface area (Å²) in [7, 11) is 1.28. The van der Waals surface area contributed by atoms with Crippen LogP contribution < -0.4 is 4.90 Å². The molecule has 1 aromatic carbocycles. The fraction of sp³-hybridized carbons (Fsp3) is 0.381. The first kappa shape index (κ1) is 20.9. The zero-order valence-electron chi connectivity index (χ0n) is 16.8. The number of carbonyl (C=O) groups is 3. The van der Waals surface area contributed by atoms with Gasteiger partial charge in [0.25, 0.3) is 0 Å². The highest BCUT2D eigenvalue weighted by Crippen LogP contribution is 2.23. The molecule has 29 heavy (non-hydrogen) atoms. The molecule has 0 unspecified atom stereocenters. The molecule has 3 rings (SSSR count). The minimum absolute atomic E-state index is 0.0134. The second-order valence-electron chi connectivity index (χ2n) is 7.05. The maximum absolute atomic E-state index is 12.8. The van der Waals surface area contributed by atoms with Crippen molar-refractivity contribution >= 4 is 34.9 Å². The number of aromatic nitrogens is 1. The predicted octanol–water partition coefficient (Wildman–Crippen LogP) is 2.86. The van der Waals surface area contributed by atoms with E-state index < -0.39 is 5.97 Å². The first-order valence-electron chi connectivity index (χ1n) is 9.40. The lowest BCUT2D eigenvalue weighted by atomic mass is 10.1. The Morgan fingerprint density at radius 3 is 2.28 bits per heavy atom. The highest BCUT2D eigenvalue weighted by Gasteiger charge is 2.27. The minimum Gasteiger partial charge on any atom is -0.465 e. The average molecular weight is 418 g/mol. The monoisotopic (exact) mass is 417 g/mol. The molecule has 7 nitrogen and oxygen atoms in total. The predicted molar refractivity (Wildman–Crippen MR) is 111 cm³/mol. The van der Waals surface area contributed by atoms with E-state index in [-0.39, 0.29) is 23.7 Å². The standard InChI is InChI=1S/C21H24ClN3O4/c1-13-19(21(28)29-3)17(23-20(13)14(2)26)12-18(27)25-10-8-24(9-11-25)16-6-4-15(22)5-7-16/h4-7,23H,8-12H2,1-3H3. The number of piperazine rings is 1. The largest absolute Gasteiger partial charge is 0.465 e. The number of ether oxygens (including phenoxy) is 1. The lowest BCUT2D eigenvalue weighted by Crippen LogP contribution is -2.49. The topological polar surface area (TPSA) is 82.7 Å². The molecule has 2 aromatic rings. The third-order valence-electron chi connectivity index (χ3n) is 5.22. The second kappa shape index (κ2) is 8.69. The van der Waals surface area contributed by atoms with Crippen molar-refractivity contribution in [3.8, 4) is 0 Å². The second-order valence-corrected chi connectivity index (χ2v) is 7.48. The zero-order chi connectivity index (χ0) is 21.1. The van der Waals surface area contributed by atoms with E-state index >= 15 is 0 Å². The van der Waals surface area contributed by atoms with Crippen LogP contribution in [0.4, 0.5) is 5.69 Å². The van der Waals surface area contributed by atoms with Crippen molar-refractivity contribution in [3.05, 3.63) is 51.8 Å². The van der Waals surface area contributed by atoms with Gasteiger partial charge in [-0.05, 0) is 36.8 Å². The van der Waals surface area contributed by atoms with Crippen molar-refractivity contribution in [2.24, 2.45) is 0 Å². The number of nitrogens with zero attached hydrogens (tertiary/aromatic N) is 2. The molecular formula is C21H24ClN3O4. The molecule has 1 aliphatic rings. The number of H-pyrrole nitrogens is 1. The molecule has 0 aliphatic carbocycles. The lowest BCUT2D eigenvalue weighted by Gasteiger charge is -2.36. The Hall–Kier alpha value is -2.80. The molecule has 0 atom stereocenters. The van der Waals surface area contributed by atoms with Crippen molar-refractivity contribution in [3.63, 3.8) is 0 Å². The van der Waals surface area contributed by atoms with Gasteiger partial charge in [0, 0.05) is 49.5 Å². The summed E-state index contributed by atoms with van der Waals surface area (Å²) in [6.45, 7) is 5.67. The van der Waals surface area contributed by atoms with Crippen molar-refractivity contribution < 1.29 is 19.1 Å². The number of rotatable bonds is 5. The molecule has 154 valence electrons. The fourth-order valence-corrected chi connectivity index (χ4v) is 3.78. The Morgan fingerprint density at radius 1 is 1.10 bits per heavy atom. The van der Waals surface area contributed by atoms with E-state index in [4.69, 9.17) is 16.3 Å². The Kier molecular flexibility index (Phi) is 6.27. The molecule has 2 heterocycles. The normalized spacial score (nSPS) is 14.1. The number of amides is 1. The van der Waals surface area contributed by atoms with Gasteiger partial charge in [0.05, 0.1) is 24.8 Å². The summed E-state index contributed by atoms with van der Waals surface area (Å²) in [5, 5.41) is 0.690. The van der Waals surface area contributed by atoms with E-state index in [1.165, 1.54) is 14.0 Å². The Bertz CT molecular complexity index is 928. The molecule has 1 fully saturated rings. The van der Waals surface area contributed by atoms with E-state index in [1.807, 2.05) is 24.3 Å². The third-order valence-corrected chi connectivity index (χ3v) is 5.47. The maximum atomic E-state index is 12.8. The number of benzene rings is 1. The molecule has 8 heteroatoms. The third kappa shape index (κ3) is 4.45. The Morgan fingerprint density at radius 2 is 1.72 bits per heavy atom. The average Bonchev–Trinajstić information content (AvgIpc) is 3.04. The molecular weight excluding hydrogens is 394 g/mol. The summed E-state index contributed by atoms with van der Waals surface area (Å²) in [6, 6.07) is 7.63. The number of ketones is 1. The van der Waals surface area contributed by atoms with Gasteiger partial charge in [-0.1, -0.05) is 11.6 Å². The summed E-state index contributed by atoms with van der Waals surface area (Å²) in [5.74, 6) is -0.841. The van der Waals surface area contributed by atoms with E-state index in [9.17, 15) is 14.4 Å². The molecule has 1 aromatic heterocycles. The van der Waals surface area contributed by atoms with Gasteiger partial charge in [0.15, 0.2) is 5.78 Å². The lowest BCUT2D eigenvalue weighted by molar-refractivity contribution is -0.130. The van der Waals surface area contributed by atoms with Gasteiger partial charge in [0.2, 0.25) is 5.91 Å². The number of esters is 1. The highest BCUT2D eigenvalue weighted by molar-refractivity contribution is 6.30. The van der Waals surface area contributed by atoms with Crippen LogP contribution in [-0.4, -0.2) is 60.8 Å². The van der Waals surface area contributed by atoms with Crippen LogP contribution in [0.15, 0.2) is 24.3 Å². The van der Waals surface area contributed by atoms with Gasteiger partial charge in [-0.2, -0.15) is 0 Å². The highest BCUT2D eigenvalue weighted by atomic mass is 35.5. The molecule has 0 saturated carbocycles. The van der Waals surface area contributed by atoms with Gasteiger partial charge < -0.3 is 19.5 Å². The first-order valence-corrected chi connectivity index (χ1v) is 9.78. The number of Topliss-reactive ketones (excluding diaryl/α,β-unsaturated/α-hetero) is 1. The Labute approximate surface area is 174 Å². The van der Waals surface area contributed by atoms with Crippen LogP contribution in [0, 0.1) is 6.92 Å². The van der Waals surface area contributed by atoms with Gasteiger partial charge in [-0.15, -0.1) is 0 Å². The number of hydrogen-bond donors (Lipinski definition) is 1. The maximum Gasteiger partial charge on any atom is 0.339 e. The number of anilines is 1. The first-order chi connectivity index (χ1) is 13.8. The summed E-state index contributed by atoms with van der Waals surface area (Å²) < 4.78 is 4.84. The summed E-state index contributed by atoms with van der Waals surface area (Å²) in [6.07, 6.45) is 0.0134. The van der Waals surface area contributed by atoms with E-state index in [0.29, 0.717) is 48.2 Å². The number of hydrogen-bond acceptors (Lipinski definition) is 5. The van der Waals surface area contributed by atoms with Crippen LogP contribution in [0.5, 0.6) is 0 Å². The van der Waals surface area contributed by atoms with Crippen molar-refractivity contribution in [2.75, 3.05) is 38.2 Å². The van der Waals surface area contributed by atoms with Crippen molar-refractivity contribution in [1.82, 2.24) is 9.88 Å². The molecule has 0 bridgehead atoms. The van der Waals surface area contributed by atoms with Crippen LogP contribution >= 0.6 is 11.6 Å². The van der Waals surface area contributed by atoms with Crippen LogP contribution in [0.1, 0.15) is 39.0 Å². The molecule has 1 saturated heterocycles. The molecule has 1 aliphatic heterocycles. The SMILES string of the molecule is COC(=O)c1c(CC(=O)N2CCN(c3ccc(Cl)cc3)CC2)[nH]c(C(C)=O)c1C. The number of methoxy groups -OCH3 is 1. The smallest absolute Gasteiger partial charge is 0.339 e. The van der Waals surface area contributed by atoms with E-state index in [1.54, 1.807) is 11.8 Å². The van der Waals surface area contributed by atoms with Gasteiger partial charge in [-0.25, -0.2) is 4.79 Å². The molecule has 1 amide bonds. The molecule has 0 spiro atoms. The number of aromatic amines is 1. The van der Waals surface area contributed by atoms with Crippen LogP contribution in [0.25, 0.3) is 0 Å².